The van der Waals surface area contributed by atoms with E-state index in [1.165, 1.54) is 0 Å². The van der Waals surface area contributed by atoms with Gasteiger partial charge in [-0.15, -0.1) is 0 Å². The minimum atomic E-state index is -0.110. The molecule has 25 heavy (non-hydrogen) atoms. The number of aromatic nitrogens is 1. The normalized spacial score (nSPS) is 16.6. The Labute approximate surface area is 147 Å². The highest BCUT2D eigenvalue weighted by atomic mass is 16.2. The molecule has 1 N–H and O–H groups in total. The fraction of sp³-hybridized carbons (Fsp3) is 0.316. The van der Waals surface area contributed by atoms with Crippen molar-refractivity contribution in [3.63, 3.8) is 0 Å². The van der Waals surface area contributed by atoms with Gasteiger partial charge in [-0.05, 0) is 36.8 Å². The topological polar surface area (TPSA) is 65.5 Å². The first kappa shape index (κ1) is 17.0. The second kappa shape index (κ2) is 7.34. The Morgan fingerprint density at radius 1 is 1.20 bits per heavy atom. The Morgan fingerprint density at radius 2 is 2.04 bits per heavy atom. The molecule has 1 atom stereocenters. The summed E-state index contributed by atoms with van der Waals surface area (Å²) in [5, 5.41) is 3.03. The van der Waals surface area contributed by atoms with E-state index in [-0.39, 0.29) is 17.9 Å². The standard InChI is InChI=1S/C19H22N4O2/c1-22(2)16-7-5-6-14(12-16)18(24)21-15-9-11-23(13-15)19(25)17-8-3-4-10-20-17/h3-8,10,12,15H,9,11,13H2,1-2H3,(H,21,24)/t15-/m0/s1. The van der Waals surface area contributed by atoms with Crippen LogP contribution in [0.5, 0.6) is 0 Å². The number of nitrogens with one attached hydrogen (secondary N) is 1. The van der Waals surface area contributed by atoms with Crippen molar-refractivity contribution in [2.75, 3.05) is 32.1 Å². The van der Waals surface area contributed by atoms with Crippen LogP contribution in [-0.2, 0) is 0 Å². The molecule has 1 aliphatic rings. The SMILES string of the molecule is CN(C)c1cccc(C(=O)N[C@H]2CCN(C(=O)c3ccccn3)C2)c1. The maximum atomic E-state index is 12.5. The average molecular weight is 338 g/mol. The summed E-state index contributed by atoms with van der Waals surface area (Å²) in [7, 11) is 3.88. The van der Waals surface area contributed by atoms with Crippen molar-refractivity contribution >= 4 is 17.5 Å². The minimum absolute atomic E-state index is 0.0387. The Morgan fingerprint density at radius 3 is 2.76 bits per heavy atom. The lowest BCUT2D eigenvalue weighted by Crippen LogP contribution is -2.38. The largest absolute Gasteiger partial charge is 0.378 e. The average Bonchev–Trinajstić information content (AvgIpc) is 3.10. The predicted octanol–water partition coefficient (Wildman–Crippen LogP) is 1.79. The van der Waals surface area contributed by atoms with Gasteiger partial charge in [0.05, 0.1) is 0 Å². The summed E-state index contributed by atoms with van der Waals surface area (Å²) in [5.41, 5.74) is 2.04. The van der Waals surface area contributed by atoms with Gasteiger partial charge in [-0.2, -0.15) is 0 Å². The lowest BCUT2D eigenvalue weighted by atomic mass is 10.1. The molecule has 3 rings (SSSR count). The number of carbonyl (C=O) groups excluding carboxylic acids is 2. The van der Waals surface area contributed by atoms with Gasteiger partial charge in [0.15, 0.2) is 0 Å². The molecule has 6 nitrogen and oxygen atoms in total. The lowest BCUT2D eigenvalue weighted by Gasteiger charge is -2.17. The van der Waals surface area contributed by atoms with Crippen LogP contribution in [0.25, 0.3) is 0 Å². The summed E-state index contributed by atoms with van der Waals surface area (Å²) in [5.74, 6) is -0.201. The van der Waals surface area contributed by atoms with Crippen LogP contribution in [0.4, 0.5) is 5.69 Å². The van der Waals surface area contributed by atoms with Crippen LogP contribution in [0.15, 0.2) is 48.7 Å². The fourth-order valence-corrected chi connectivity index (χ4v) is 2.91. The van der Waals surface area contributed by atoms with Gasteiger partial charge in [-0.3, -0.25) is 14.6 Å². The van der Waals surface area contributed by atoms with E-state index in [2.05, 4.69) is 10.3 Å². The number of carbonyl (C=O) groups is 2. The molecule has 0 saturated carbocycles. The highest BCUT2D eigenvalue weighted by molar-refractivity contribution is 5.95. The van der Waals surface area contributed by atoms with Gasteiger partial charge in [0, 0.05) is 50.7 Å². The quantitative estimate of drug-likeness (QED) is 0.923. The van der Waals surface area contributed by atoms with E-state index in [0.29, 0.717) is 24.3 Å². The molecule has 6 heteroatoms. The van der Waals surface area contributed by atoms with Crippen LogP contribution < -0.4 is 10.2 Å². The van der Waals surface area contributed by atoms with Crippen LogP contribution in [0.1, 0.15) is 27.3 Å². The van der Waals surface area contributed by atoms with E-state index in [1.54, 1.807) is 35.4 Å². The molecule has 1 aromatic carbocycles. The molecule has 130 valence electrons. The molecule has 2 aromatic rings. The Kier molecular flexibility index (Phi) is 4.97. The van der Waals surface area contributed by atoms with Gasteiger partial charge in [0.1, 0.15) is 5.69 Å². The molecule has 2 amide bonds. The molecule has 2 heterocycles. The van der Waals surface area contributed by atoms with E-state index < -0.39 is 0 Å². The van der Waals surface area contributed by atoms with Crippen molar-refractivity contribution in [1.82, 2.24) is 15.2 Å². The monoisotopic (exact) mass is 338 g/mol. The third-order valence-electron chi connectivity index (χ3n) is 4.32. The second-order valence-corrected chi connectivity index (χ2v) is 6.37. The molecule has 0 aliphatic carbocycles. The third kappa shape index (κ3) is 3.96. The minimum Gasteiger partial charge on any atom is -0.378 e. The molecule has 0 unspecified atom stereocenters. The molecule has 0 spiro atoms. The molecule has 1 fully saturated rings. The number of hydrogen-bond acceptors (Lipinski definition) is 4. The summed E-state index contributed by atoms with van der Waals surface area (Å²) in [6.45, 7) is 1.13. The van der Waals surface area contributed by atoms with Crippen molar-refractivity contribution in [3.8, 4) is 0 Å². The van der Waals surface area contributed by atoms with E-state index in [1.807, 2.05) is 37.2 Å². The van der Waals surface area contributed by atoms with Crippen molar-refractivity contribution in [2.24, 2.45) is 0 Å². The smallest absolute Gasteiger partial charge is 0.272 e. The maximum absolute atomic E-state index is 12.5. The van der Waals surface area contributed by atoms with Crippen LogP contribution in [0, 0.1) is 0 Å². The maximum Gasteiger partial charge on any atom is 0.272 e. The summed E-state index contributed by atoms with van der Waals surface area (Å²) in [6.07, 6.45) is 2.36. The number of likely N-dealkylation sites (tertiary alicyclic amines) is 1. The first-order valence-electron chi connectivity index (χ1n) is 8.33. The van der Waals surface area contributed by atoms with Gasteiger partial charge in [0.25, 0.3) is 11.8 Å². The Balaban J connectivity index is 1.60. The molecular formula is C19H22N4O2. The molecule has 1 aromatic heterocycles. The first-order valence-corrected chi connectivity index (χ1v) is 8.33. The Bertz CT molecular complexity index is 761. The number of anilines is 1. The van der Waals surface area contributed by atoms with E-state index in [0.717, 1.165) is 12.1 Å². The summed E-state index contributed by atoms with van der Waals surface area (Å²) in [6, 6.07) is 12.7. The summed E-state index contributed by atoms with van der Waals surface area (Å²) >= 11 is 0. The van der Waals surface area contributed by atoms with Crippen LogP contribution >= 0.6 is 0 Å². The number of nitrogens with zero attached hydrogens (tertiary/aromatic N) is 3. The molecule has 1 saturated heterocycles. The summed E-state index contributed by atoms with van der Waals surface area (Å²) in [4.78, 5) is 32.7. The summed E-state index contributed by atoms with van der Waals surface area (Å²) < 4.78 is 0. The highest BCUT2D eigenvalue weighted by Crippen LogP contribution is 2.16. The van der Waals surface area contributed by atoms with Crippen LogP contribution in [-0.4, -0.2) is 54.9 Å². The van der Waals surface area contributed by atoms with Crippen molar-refractivity contribution in [3.05, 3.63) is 59.9 Å². The molecule has 0 bridgehead atoms. The number of benzene rings is 1. The van der Waals surface area contributed by atoms with Crippen molar-refractivity contribution in [2.45, 2.75) is 12.5 Å². The highest BCUT2D eigenvalue weighted by Gasteiger charge is 2.28. The van der Waals surface area contributed by atoms with Gasteiger partial charge >= 0.3 is 0 Å². The van der Waals surface area contributed by atoms with E-state index in [4.69, 9.17) is 0 Å². The predicted molar refractivity (Wildman–Crippen MR) is 96.8 cm³/mol. The number of amides is 2. The van der Waals surface area contributed by atoms with E-state index >= 15 is 0 Å². The van der Waals surface area contributed by atoms with Crippen LogP contribution in [0.2, 0.25) is 0 Å². The van der Waals surface area contributed by atoms with Gasteiger partial charge in [0.2, 0.25) is 0 Å². The Hall–Kier alpha value is -2.89. The van der Waals surface area contributed by atoms with Crippen LogP contribution in [0.3, 0.4) is 0 Å². The zero-order valence-corrected chi connectivity index (χ0v) is 14.5. The van der Waals surface area contributed by atoms with Crippen molar-refractivity contribution in [1.29, 1.82) is 0 Å². The lowest BCUT2D eigenvalue weighted by molar-refractivity contribution is 0.0777. The first-order chi connectivity index (χ1) is 12.0. The molecule has 1 aliphatic heterocycles. The zero-order valence-electron chi connectivity index (χ0n) is 14.5. The fourth-order valence-electron chi connectivity index (χ4n) is 2.91. The van der Waals surface area contributed by atoms with Gasteiger partial charge in [-0.1, -0.05) is 12.1 Å². The number of rotatable bonds is 4. The van der Waals surface area contributed by atoms with Gasteiger partial charge < -0.3 is 15.1 Å². The van der Waals surface area contributed by atoms with E-state index in [9.17, 15) is 9.59 Å². The van der Waals surface area contributed by atoms with Gasteiger partial charge in [-0.25, -0.2) is 0 Å². The third-order valence-corrected chi connectivity index (χ3v) is 4.32. The molecular weight excluding hydrogens is 316 g/mol. The number of pyridine rings is 1. The van der Waals surface area contributed by atoms with Crippen molar-refractivity contribution < 1.29 is 9.59 Å². The second-order valence-electron chi connectivity index (χ2n) is 6.37. The molecule has 0 radical (unpaired) electrons. The zero-order chi connectivity index (χ0) is 17.8. The number of hydrogen-bond donors (Lipinski definition) is 1.